The summed E-state index contributed by atoms with van der Waals surface area (Å²) in [7, 11) is 0. The Hall–Kier alpha value is -4.00. The molecule has 1 amide bonds. The van der Waals surface area contributed by atoms with E-state index < -0.39 is 0 Å². The van der Waals surface area contributed by atoms with Gasteiger partial charge in [-0.05, 0) is 49.7 Å². The van der Waals surface area contributed by atoms with Crippen LogP contribution in [0.25, 0.3) is 0 Å². The summed E-state index contributed by atoms with van der Waals surface area (Å²) in [6.45, 7) is 30.6. The van der Waals surface area contributed by atoms with Crippen LogP contribution in [0.15, 0.2) is 24.3 Å². The van der Waals surface area contributed by atoms with Gasteiger partial charge in [-0.25, -0.2) is 4.98 Å². The minimum atomic E-state index is -0.177. The molecule has 1 fully saturated rings. The maximum absolute atomic E-state index is 10.5. The maximum Gasteiger partial charge on any atom is 0.233 e. The zero-order chi connectivity index (χ0) is 69.9. The number of hydrogen-bond acceptors (Lipinski definition) is 26. The molecule has 1 aliphatic rings. The number of imidazole rings is 1. The second-order valence-electron chi connectivity index (χ2n) is 22.6. The average molecular weight is 1390 g/mol. The molecule has 0 saturated heterocycles. The monoisotopic (exact) mass is 1390 g/mol. The third-order valence-electron chi connectivity index (χ3n) is 14.0. The molecule has 0 unspecified atom stereocenters. The first-order valence-corrected chi connectivity index (χ1v) is 34.8. The van der Waals surface area contributed by atoms with E-state index in [1.165, 1.54) is 25.7 Å². The second-order valence-corrected chi connectivity index (χ2v) is 22.6. The summed E-state index contributed by atoms with van der Waals surface area (Å²) in [6, 6.07) is 7.87. The summed E-state index contributed by atoms with van der Waals surface area (Å²) >= 11 is 0. The molecule has 29 heteroatoms. The quantitative estimate of drug-likeness (QED) is 0.0265. The van der Waals surface area contributed by atoms with E-state index in [0.29, 0.717) is 295 Å². The SMILES string of the molecule is CC1(COCCOCCOCCOCCOCCOCCOCCOCCOCCOCCOCCOCCOCCOCCOCCOCCOCCOCCOCCOCCN)CCCC1.CCCCc1nc(C(=N)N)c(C(=N)OC(C)C)n1Cc1ccc(CNC=O)cc1. The molecule has 3 rings (SSSR count). The van der Waals surface area contributed by atoms with Gasteiger partial charge in [0.1, 0.15) is 23.0 Å². The standard InChI is InChI=1S/C47H95NO20.C21H30N6O2/c1-47(4-2-3-5-47)46-68-45-44-67-43-42-66-41-40-65-39-38-64-37-36-63-35-34-62-33-32-61-31-30-60-29-28-59-27-26-58-25-24-57-23-22-56-21-20-55-19-18-54-17-16-53-15-14-52-13-12-51-11-10-50-9-8-49-7-6-48;1-4-5-6-17-26-18(20(22)23)19(21(24)29-14(2)3)27(17)12-16-9-7-15(8-10-16)11-25-13-28/h2-46,48H2,1H3;7-10,13-14,24H,4-6,11-12H2,1-3H3,(H3,22,23)(H,25,28). The van der Waals surface area contributed by atoms with Crippen molar-refractivity contribution < 1.29 is 104 Å². The van der Waals surface area contributed by atoms with Gasteiger partial charge in [0.25, 0.3) is 0 Å². The van der Waals surface area contributed by atoms with Gasteiger partial charge >= 0.3 is 0 Å². The van der Waals surface area contributed by atoms with Crippen molar-refractivity contribution in [2.24, 2.45) is 16.9 Å². The fourth-order valence-electron chi connectivity index (χ4n) is 8.96. The van der Waals surface area contributed by atoms with Gasteiger partial charge in [-0.1, -0.05) is 57.4 Å². The molecular formula is C68H125N7O22. The van der Waals surface area contributed by atoms with Crippen molar-refractivity contribution in [3.05, 3.63) is 52.6 Å². The van der Waals surface area contributed by atoms with Crippen LogP contribution in [0, 0.1) is 16.2 Å². The van der Waals surface area contributed by atoms with Crippen LogP contribution in [0.1, 0.15) is 94.6 Å². The lowest BCUT2D eigenvalue weighted by atomic mass is 9.90. The van der Waals surface area contributed by atoms with Crippen LogP contribution >= 0.6 is 0 Å². The minimum Gasteiger partial charge on any atom is -0.474 e. The van der Waals surface area contributed by atoms with Gasteiger partial charge in [-0.15, -0.1) is 0 Å². The molecule has 0 aliphatic heterocycles. The Morgan fingerprint density at radius 2 is 0.784 bits per heavy atom. The number of carbonyl (C=O) groups is 1. The Morgan fingerprint density at radius 3 is 1.05 bits per heavy atom. The van der Waals surface area contributed by atoms with E-state index in [0.717, 1.165) is 42.8 Å². The normalized spacial score (nSPS) is 12.8. The fraction of sp³-hybridized carbons (Fsp3) is 0.824. The molecule has 0 spiro atoms. The van der Waals surface area contributed by atoms with Crippen LogP contribution in [-0.2, 0) is 124 Å². The topological polar surface area (TPSA) is 340 Å². The predicted molar refractivity (Wildman–Crippen MR) is 365 cm³/mol. The number of nitrogens with two attached hydrogens (primary N) is 2. The molecule has 97 heavy (non-hydrogen) atoms. The van der Waals surface area contributed by atoms with Crippen molar-refractivity contribution in [1.29, 1.82) is 10.8 Å². The van der Waals surface area contributed by atoms with Gasteiger partial charge in [-0.2, -0.15) is 0 Å². The number of carbonyl (C=O) groups excluding carboxylic acids is 1. The van der Waals surface area contributed by atoms with E-state index >= 15 is 0 Å². The average Bonchev–Trinajstić information content (AvgIpc) is 1.65. The first-order valence-electron chi connectivity index (χ1n) is 34.8. The highest BCUT2D eigenvalue weighted by Crippen LogP contribution is 2.37. The molecule has 564 valence electrons. The van der Waals surface area contributed by atoms with Crippen LogP contribution in [0.3, 0.4) is 0 Å². The molecule has 2 aromatic rings. The number of nitrogen functional groups attached to an aromatic ring is 1. The van der Waals surface area contributed by atoms with Gasteiger partial charge in [0, 0.05) is 26.1 Å². The number of rotatable bonds is 72. The molecule has 1 aromatic heterocycles. The van der Waals surface area contributed by atoms with Crippen molar-refractivity contribution in [1.82, 2.24) is 14.9 Å². The molecule has 0 bridgehead atoms. The Morgan fingerprint density at radius 1 is 0.495 bits per heavy atom. The van der Waals surface area contributed by atoms with Crippen LogP contribution < -0.4 is 16.8 Å². The second kappa shape index (κ2) is 66.5. The van der Waals surface area contributed by atoms with E-state index in [4.69, 9.17) is 122 Å². The molecule has 1 saturated carbocycles. The van der Waals surface area contributed by atoms with E-state index in [2.05, 4.69) is 24.1 Å². The smallest absolute Gasteiger partial charge is 0.233 e. The third kappa shape index (κ3) is 53.5. The van der Waals surface area contributed by atoms with Crippen molar-refractivity contribution in [2.45, 2.75) is 91.8 Å². The lowest BCUT2D eigenvalue weighted by molar-refractivity contribution is -0.109. The molecule has 0 radical (unpaired) electrons. The molecule has 29 nitrogen and oxygen atoms in total. The van der Waals surface area contributed by atoms with Crippen molar-refractivity contribution in [2.75, 3.05) is 271 Å². The first-order chi connectivity index (χ1) is 47.6. The predicted octanol–water partition coefficient (Wildman–Crippen LogP) is 4.41. The zero-order valence-electron chi connectivity index (χ0n) is 59.4. The van der Waals surface area contributed by atoms with Gasteiger partial charge in [0.05, 0.1) is 270 Å². The molecule has 1 aromatic carbocycles. The largest absolute Gasteiger partial charge is 0.474 e. The summed E-state index contributed by atoms with van der Waals surface area (Å²) in [6.07, 6.45) is 8.39. The van der Waals surface area contributed by atoms with E-state index in [1.54, 1.807) is 0 Å². The van der Waals surface area contributed by atoms with E-state index in [-0.39, 0.29) is 23.5 Å². The summed E-state index contributed by atoms with van der Waals surface area (Å²) in [5, 5.41) is 19.0. The van der Waals surface area contributed by atoms with Crippen molar-refractivity contribution in [3.63, 3.8) is 0 Å². The fourth-order valence-corrected chi connectivity index (χ4v) is 8.96. The highest BCUT2D eigenvalue weighted by Gasteiger charge is 2.29. The third-order valence-corrected chi connectivity index (χ3v) is 14.0. The van der Waals surface area contributed by atoms with Crippen LogP contribution in [0.2, 0.25) is 0 Å². The molecular weight excluding hydrogens is 1270 g/mol. The Kier molecular flexibility index (Phi) is 61.1. The van der Waals surface area contributed by atoms with E-state index in [9.17, 15) is 4.79 Å². The summed E-state index contributed by atoms with van der Waals surface area (Å²) in [4.78, 5) is 15.0. The number of nitrogens with zero attached hydrogens (tertiary/aromatic N) is 2. The summed E-state index contributed by atoms with van der Waals surface area (Å²) < 4.78 is 118. The Balaban J connectivity index is 0.000000910. The van der Waals surface area contributed by atoms with Gasteiger partial charge in [0.2, 0.25) is 12.3 Å². The van der Waals surface area contributed by atoms with Crippen LogP contribution in [0.4, 0.5) is 0 Å². The number of ether oxygens (including phenoxy) is 21. The van der Waals surface area contributed by atoms with E-state index in [1.807, 2.05) is 42.7 Å². The number of aromatic nitrogens is 2. The van der Waals surface area contributed by atoms with Crippen LogP contribution in [0.5, 0.6) is 0 Å². The molecule has 7 N–H and O–H groups in total. The number of amides is 1. The van der Waals surface area contributed by atoms with Crippen molar-refractivity contribution in [3.8, 4) is 0 Å². The summed E-state index contributed by atoms with van der Waals surface area (Å²) in [5.41, 5.74) is 14.2. The highest BCUT2D eigenvalue weighted by molar-refractivity contribution is 6.04. The lowest BCUT2D eigenvalue weighted by Gasteiger charge is -2.22. The minimum absolute atomic E-state index is 0.0350. The molecule has 1 heterocycles. The van der Waals surface area contributed by atoms with Crippen molar-refractivity contribution >= 4 is 18.1 Å². The van der Waals surface area contributed by atoms with Gasteiger partial charge in [0.15, 0.2) is 0 Å². The zero-order valence-corrected chi connectivity index (χ0v) is 59.4. The van der Waals surface area contributed by atoms with Gasteiger partial charge in [-0.3, -0.25) is 15.6 Å². The Labute approximate surface area is 578 Å². The first kappa shape index (κ1) is 89.1. The molecule has 0 atom stereocenters. The van der Waals surface area contributed by atoms with Crippen LogP contribution in [-0.4, -0.2) is 305 Å². The summed E-state index contributed by atoms with van der Waals surface area (Å²) in [5.74, 6) is 0.576. The Bertz CT molecular complexity index is 2080. The van der Waals surface area contributed by atoms with Gasteiger partial charge < -0.3 is 121 Å². The number of benzene rings is 1. The maximum atomic E-state index is 10.5. The lowest BCUT2D eigenvalue weighted by Crippen LogP contribution is -2.22. The number of unbranched alkanes of at least 4 members (excludes halogenated alkanes) is 1. The number of aryl methyl sites for hydroxylation is 1. The highest BCUT2D eigenvalue weighted by atomic mass is 16.6. The number of amidine groups is 1. The number of nitrogens with one attached hydrogen (secondary N) is 3. The number of hydrogen-bond donors (Lipinski definition) is 5. The molecule has 1 aliphatic carbocycles.